The molecular formula is C22H26O2. The maximum absolute atomic E-state index is 9.57. The second kappa shape index (κ2) is 10.9. The highest BCUT2D eigenvalue weighted by Gasteiger charge is 1.99. The lowest BCUT2D eigenvalue weighted by Crippen LogP contribution is -1.87. The van der Waals surface area contributed by atoms with Crippen molar-refractivity contribution in [1.82, 2.24) is 0 Å². The van der Waals surface area contributed by atoms with Gasteiger partial charge in [0.2, 0.25) is 0 Å². The molecule has 0 amide bonds. The SMILES string of the molecule is CC.Cc1ccccc1O.Oc1ccccc1Cc1ccccc1. The maximum atomic E-state index is 9.57. The topological polar surface area (TPSA) is 40.5 Å². The largest absolute Gasteiger partial charge is 0.508 e. The van der Waals surface area contributed by atoms with Crippen LogP contribution >= 0.6 is 0 Å². The molecule has 0 heterocycles. The lowest BCUT2D eigenvalue weighted by atomic mass is 10.0. The van der Waals surface area contributed by atoms with Gasteiger partial charge >= 0.3 is 0 Å². The van der Waals surface area contributed by atoms with Crippen molar-refractivity contribution < 1.29 is 10.2 Å². The van der Waals surface area contributed by atoms with Gasteiger partial charge in [0.25, 0.3) is 0 Å². The molecule has 0 saturated carbocycles. The van der Waals surface area contributed by atoms with Crippen LogP contribution in [0, 0.1) is 6.92 Å². The van der Waals surface area contributed by atoms with Crippen LogP contribution in [0.4, 0.5) is 0 Å². The Bertz CT molecular complexity index is 685. The summed E-state index contributed by atoms with van der Waals surface area (Å²) in [5, 5.41) is 18.5. The molecule has 0 unspecified atom stereocenters. The van der Waals surface area contributed by atoms with Gasteiger partial charge < -0.3 is 10.2 Å². The number of phenols is 2. The van der Waals surface area contributed by atoms with Gasteiger partial charge in [0.1, 0.15) is 11.5 Å². The van der Waals surface area contributed by atoms with E-state index >= 15 is 0 Å². The molecule has 0 aliphatic heterocycles. The number of hydrogen-bond acceptors (Lipinski definition) is 2. The Kier molecular flexibility index (Phi) is 8.77. The van der Waals surface area contributed by atoms with Crippen LogP contribution < -0.4 is 0 Å². The standard InChI is InChI=1S/C13H12O.C7H8O.C2H6/c14-13-9-5-4-8-12(13)10-11-6-2-1-3-7-11;1-6-4-2-3-5-7(6)8;1-2/h1-9,14H,10H2;2-5,8H,1H3;1-2H3. The molecule has 3 aromatic carbocycles. The Morgan fingerprint density at radius 3 is 1.62 bits per heavy atom. The lowest BCUT2D eigenvalue weighted by Gasteiger charge is -2.03. The van der Waals surface area contributed by atoms with Gasteiger partial charge in [0, 0.05) is 6.42 Å². The van der Waals surface area contributed by atoms with Gasteiger partial charge in [-0.1, -0.05) is 80.6 Å². The molecule has 3 aromatic rings. The minimum atomic E-state index is 0.368. The second-order valence-electron chi connectivity index (χ2n) is 5.08. The summed E-state index contributed by atoms with van der Waals surface area (Å²) in [7, 11) is 0. The van der Waals surface area contributed by atoms with Crippen molar-refractivity contribution in [1.29, 1.82) is 0 Å². The van der Waals surface area contributed by atoms with Gasteiger partial charge in [-0.3, -0.25) is 0 Å². The van der Waals surface area contributed by atoms with E-state index in [0.717, 1.165) is 17.5 Å². The molecule has 0 atom stereocenters. The van der Waals surface area contributed by atoms with Crippen LogP contribution in [0.25, 0.3) is 0 Å². The Morgan fingerprint density at radius 2 is 1.12 bits per heavy atom. The summed E-state index contributed by atoms with van der Waals surface area (Å²) in [5.74, 6) is 0.740. The maximum Gasteiger partial charge on any atom is 0.119 e. The van der Waals surface area contributed by atoms with Crippen molar-refractivity contribution >= 4 is 0 Å². The average Bonchev–Trinajstić information content (AvgIpc) is 2.63. The highest BCUT2D eigenvalue weighted by Crippen LogP contribution is 2.19. The van der Waals surface area contributed by atoms with E-state index in [4.69, 9.17) is 5.11 Å². The number of aryl methyl sites for hydroxylation is 1. The minimum Gasteiger partial charge on any atom is -0.508 e. The molecule has 0 aliphatic carbocycles. The second-order valence-corrected chi connectivity index (χ2v) is 5.08. The number of para-hydroxylation sites is 2. The number of phenolic OH excluding ortho intramolecular Hbond substituents is 2. The Morgan fingerprint density at radius 1 is 0.625 bits per heavy atom. The normalized spacial score (nSPS) is 9.12. The van der Waals surface area contributed by atoms with Crippen molar-refractivity contribution in [3.8, 4) is 11.5 Å². The summed E-state index contributed by atoms with van der Waals surface area (Å²) in [6.45, 7) is 5.87. The van der Waals surface area contributed by atoms with Gasteiger partial charge in [0.15, 0.2) is 0 Å². The zero-order chi connectivity index (χ0) is 17.8. The first-order chi connectivity index (χ1) is 11.7. The van der Waals surface area contributed by atoms with E-state index in [9.17, 15) is 5.11 Å². The predicted molar refractivity (Wildman–Crippen MR) is 102 cm³/mol. The third kappa shape index (κ3) is 6.57. The fourth-order valence-electron chi connectivity index (χ4n) is 2.04. The number of benzene rings is 3. The van der Waals surface area contributed by atoms with E-state index in [-0.39, 0.29) is 0 Å². The van der Waals surface area contributed by atoms with Crippen molar-refractivity contribution in [3.63, 3.8) is 0 Å². The van der Waals surface area contributed by atoms with Gasteiger partial charge in [0.05, 0.1) is 0 Å². The summed E-state index contributed by atoms with van der Waals surface area (Å²) in [4.78, 5) is 0. The molecule has 24 heavy (non-hydrogen) atoms. The first-order valence-electron chi connectivity index (χ1n) is 8.22. The molecule has 2 N–H and O–H groups in total. The zero-order valence-electron chi connectivity index (χ0n) is 14.6. The van der Waals surface area contributed by atoms with Crippen LogP contribution in [0.15, 0.2) is 78.9 Å². The van der Waals surface area contributed by atoms with Crippen LogP contribution in [0.2, 0.25) is 0 Å². The van der Waals surface area contributed by atoms with Crippen molar-refractivity contribution in [2.45, 2.75) is 27.2 Å². The minimum absolute atomic E-state index is 0.368. The zero-order valence-corrected chi connectivity index (χ0v) is 14.6. The molecule has 0 aliphatic rings. The van der Waals surface area contributed by atoms with Gasteiger partial charge in [-0.05, 0) is 35.7 Å². The summed E-state index contributed by atoms with van der Waals surface area (Å²) in [6, 6.07) is 24.8. The number of hydrogen-bond donors (Lipinski definition) is 2. The Hall–Kier alpha value is -2.74. The summed E-state index contributed by atoms with van der Waals surface area (Å²) >= 11 is 0. The molecule has 2 nitrogen and oxygen atoms in total. The molecule has 0 radical (unpaired) electrons. The smallest absolute Gasteiger partial charge is 0.119 e. The van der Waals surface area contributed by atoms with E-state index in [0.29, 0.717) is 11.5 Å². The first-order valence-corrected chi connectivity index (χ1v) is 8.22. The molecule has 0 saturated heterocycles. The first kappa shape index (κ1) is 19.3. The van der Waals surface area contributed by atoms with Crippen LogP contribution in [0.1, 0.15) is 30.5 Å². The van der Waals surface area contributed by atoms with Crippen LogP contribution in [-0.4, -0.2) is 10.2 Å². The van der Waals surface area contributed by atoms with Crippen LogP contribution in [-0.2, 0) is 6.42 Å². The van der Waals surface area contributed by atoms with E-state index in [1.807, 2.05) is 75.4 Å². The van der Waals surface area contributed by atoms with E-state index in [1.54, 1.807) is 12.1 Å². The highest BCUT2D eigenvalue weighted by atomic mass is 16.3. The van der Waals surface area contributed by atoms with Gasteiger partial charge in [-0.2, -0.15) is 0 Å². The number of aromatic hydroxyl groups is 2. The van der Waals surface area contributed by atoms with Gasteiger partial charge in [-0.15, -0.1) is 0 Å². The number of rotatable bonds is 2. The summed E-state index contributed by atoms with van der Waals surface area (Å²) in [6.07, 6.45) is 0.785. The highest BCUT2D eigenvalue weighted by molar-refractivity contribution is 5.36. The third-order valence-electron chi connectivity index (χ3n) is 3.34. The van der Waals surface area contributed by atoms with E-state index in [2.05, 4.69) is 12.1 Å². The van der Waals surface area contributed by atoms with Crippen LogP contribution in [0.5, 0.6) is 11.5 Å². The molecule has 0 fully saturated rings. The summed E-state index contributed by atoms with van der Waals surface area (Å²) in [5.41, 5.74) is 3.11. The molecule has 2 heteroatoms. The molecule has 0 spiro atoms. The fourth-order valence-corrected chi connectivity index (χ4v) is 2.04. The average molecular weight is 322 g/mol. The monoisotopic (exact) mass is 322 g/mol. The van der Waals surface area contributed by atoms with Crippen molar-refractivity contribution in [3.05, 3.63) is 95.6 Å². The molecular weight excluding hydrogens is 296 g/mol. The van der Waals surface area contributed by atoms with E-state index in [1.165, 1.54) is 5.56 Å². The summed E-state index contributed by atoms with van der Waals surface area (Å²) < 4.78 is 0. The van der Waals surface area contributed by atoms with Crippen molar-refractivity contribution in [2.75, 3.05) is 0 Å². The lowest BCUT2D eigenvalue weighted by molar-refractivity contribution is 0.469. The Labute approximate surface area is 145 Å². The molecule has 3 rings (SSSR count). The van der Waals surface area contributed by atoms with E-state index < -0.39 is 0 Å². The van der Waals surface area contributed by atoms with Gasteiger partial charge in [-0.25, -0.2) is 0 Å². The molecule has 0 aromatic heterocycles. The fraction of sp³-hybridized carbons (Fsp3) is 0.182. The molecule has 0 bridgehead atoms. The third-order valence-corrected chi connectivity index (χ3v) is 3.34. The predicted octanol–water partition coefficient (Wildman–Crippen LogP) is 5.71. The van der Waals surface area contributed by atoms with Crippen LogP contribution in [0.3, 0.4) is 0 Å². The van der Waals surface area contributed by atoms with Crippen molar-refractivity contribution in [2.24, 2.45) is 0 Å². The quantitative estimate of drug-likeness (QED) is 0.634. The molecule has 126 valence electrons. The Balaban J connectivity index is 0.000000245.